The number of ether oxygens (including phenoxy) is 2. The van der Waals surface area contributed by atoms with Gasteiger partial charge in [0.25, 0.3) is 0 Å². The van der Waals surface area contributed by atoms with Gasteiger partial charge in [0.05, 0.1) is 13.2 Å². The van der Waals surface area contributed by atoms with Gasteiger partial charge in [0, 0.05) is 20.3 Å². The molecule has 5 heteroatoms. The Morgan fingerprint density at radius 1 is 1.07 bits per heavy atom. The molecule has 0 fully saturated rings. The van der Waals surface area contributed by atoms with E-state index in [0.29, 0.717) is 13.2 Å². The molecule has 0 aromatic heterocycles. The SMILES string of the molecule is COCCOCCCO[SiH2]CCCN. The minimum atomic E-state index is -0.304. The minimum Gasteiger partial charge on any atom is -0.424 e. The van der Waals surface area contributed by atoms with Gasteiger partial charge in [-0.15, -0.1) is 0 Å². The number of nitrogens with two attached hydrogens (primary N) is 1. The average Bonchev–Trinajstić information content (AvgIpc) is 2.21. The fourth-order valence-electron chi connectivity index (χ4n) is 0.958. The molecule has 2 N–H and O–H groups in total. The summed E-state index contributed by atoms with van der Waals surface area (Å²) >= 11 is 0. The summed E-state index contributed by atoms with van der Waals surface area (Å²) in [7, 11) is 1.37. The van der Waals surface area contributed by atoms with Gasteiger partial charge in [-0.05, 0) is 25.4 Å². The van der Waals surface area contributed by atoms with E-state index in [1.807, 2.05) is 0 Å². The molecule has 4 nitrogen and oxygen atoms in total. The van der Waals surface area contributed by atoms with Crippen molar-refractivity contribution in [3.8, 4) is 0 Å². The van der Waals surface area contributed by atoms with E-state index in [1.54, 1.807) is 7.11 Å². The molecule has 0 amide bonds. The fourth-order valence-corrected chi connectivity index (χ4v) is 2.06. The normalized spacial score (nSPS) is 11.6. The van der Waals surface area contributed by atoms with Crippen molar-refractivity contribution in [2.24, 2.45) is 5.73 Å². The summed E-state index contributed by atoms with van der Waals surface area (Å²) < 4.78 is 15.7. The average molecular weight is 221 g/mol. The van der Waals surface area contributed by atoms with Crippen molar-refractivity contribution in [3.63, 3.8) is 0 Å². The molecule has 14 heavy (non-hydrogen) atoms. The maximum Gasteiger partial charge on any atom is 0.161 e. The van der Waals surface area contributed by atoms with Crippen LogP contribution in [0, 0.1) is 0 Å². The first kappa shape index (κ1) is 14.1. The van der Waals surface area contributed by atoms with E-state index in [9.17, 15) is 0 Å². The standard InChI is InChI=1S/C9H23NO3Si/c1-11-7-8-12-5-3-6-13-14-9-2-4-10/h2-10,14H2,1H3. The highest BCUT2D eigenvalue weighted by Crippen LogP contribution is 1.89. The molecule has 0 bridgehead atoms. The molecular weight excluding hydrogens is 198 g/mol. The number of methoxy groups -OCH3 is 1. The minimum absolute atomic E-state index is 0.304. The summed E-state index contributed by atoms with van der Waals surface area (Å²) in [4.78, 5) is 0. The molecule has 0 aromatic rings. The highest BCUT2D eigenvalue weighted by Gasteiger charge is 1.91. The van der Waals surface area contributed by atoms with Crippen LogP contribution in [0.15, 0.2) is 0 Å². The van der Waals surface area contributed by atoms with Crippen LogP contribution >= 0.6 is 0 Å². The third-order valence-electron chi connectivity index (χ3n) is 1.75. The third-order valence-corrected chi connectivity index (χ3v) is 3.12. The maximum absolute atomic E-state index is 5.51. The summed E-state index contributed by atoms with van der Waals surface area (Å²) in [5.74, 6) is 0. The second kappa shape index (κ2) is 13.1. The summed E-state index contributed by atoms with van der Waals surface area (Å²) in [6.07, 6.45) is 2.09. The topological polar surface area (TPSA) is 53.7 Å². The van der Waals surface area contributed by atoms with Crippen LogP contribution in [0.25, 0.3) is 0 Å². The Hall–Kier alpha value is 0.0569. The third kappa shape index (κ3) is 12.1. The molecule has 0 saturated heterocycles. The second-order valence-corrected chi connectivity index (χ2v) is 4.59. The van der Waals surface area contributed by atoms with Crippen molar-refractivity contribution < 1.29 is 13.9 Å². The molecule has 0 rings (SSSR count). The molecule has 0 heterocycles. The van der Waals surface area contributed by atoms with Gasteiger partial charge in [0.2, 0.25) is 0 Å². The fraction of sp³-hybridized carbons (Fsp3) is 1.00. The summed E-state index contributed by atoms with van der Waals surface area (Å²) in [6, 6.07) is 1.20. The van der Waals surface area contributed by atoms with Crippen LogP contribution < -0.4 is 5.73 Å². The molecule has 0 aliphatic carbocycles. The van der Waals surface area contributed by atoms with Gasteiger partial charge in [-0.2, -0.15) is 0 Å². The van der Waals surface area contributed by atoms with Gasteiger partial charge in [-0.1, -0.05) is 0 Å². The van der Waals surface area contributed by atoms with Gasteiger partial charge >= 0.3 is 0 Å². The molecule has 0 aromatic carbocycles. The van der Waals surface area contributed by atoms with Gasteiger partial charge in [-0.25, -0.2) is 0 Å². The van der Waals surface area contributed by atoms with Gasteiger partial charge in [0.1, 0.15) is 0 Å². The van der Waals surface area contributed by atoms with E-state index in [-0.39, 0.29) is 9.76 Å². The van der Waals surface area contributed by atoms with Crippen molar-refractivity contribution in [2.75, 3.05) is 40.1 Å². The van der Waals surface area contributed by atoms with E-state index in [4.69, 9.17) is 19.6 Å². The number of hydrogen-bond acceptors (Lipinski definition) is 4. The molecule has 0 spiro atoms. The van der Waals surface area contributed by atoms with Crippen molar-refractivity contribution in [2.45, 2.75) is 18.9 Å². The molecule has 0 atom stereocenters. The lowest BCUT2D eigenvalue weighted by molar-refractivity contribution is 0.0646. The van der Waals surface area contributed by atoms with Gasteiger partial charge < -0.3 is 19.6 Å². The van der Waals surface area contributed by atoms with Crippen molar-refractivity contribution in [3.05, 3.63) is 0 Å². The first-order valence-electron chi connectivity index (χ1n) is 5.26. The Bertz CT molecular complexity index is 94.1. The first-order valence-corrected chi connectivity index (χ1v) is 6.84. The lowest BCUT2D eigenvalue weighted by Crippen LogP contribution is -2.08. The molecule has 0 radical (unpaired) electrons. The van der Waals surface area contributed by atoms with Crippen LogP contribution in [0.5, 0.6) is 0 Å². The lowest BCUT2D eigenvalue weighted by atomic mass is 10.5. The Morgan fingerprint density at radius 3 is 2.64 bits per heavy atom. The molecule has 86 valence electrons. The smallest absolute Gasteiger partial charge is 0.161 e. The zero-order chi connectivity index (χ0) is 10.5. The van der Waals surface area contributed by atoms with Crippen molar-refractivity contribution in [1.29, 1.82) is 0 Å². The first-order chi connectivity index (χ1) is 6.91. The Kier molecular flexibility index (Phi) is 13.1. The Morgan fingerprint density at radius 2 is 1.93 bits per heavy atom. The van der Waals surface area contributed by atoms with E-state index in [2.05, 4.69) is 0 Å². The quantitative estimate of drug-likeness (QED) is 0.391. The number of hydrogen-bond donors (Lipinski definition) is 1. The van der Waals surface area contributed by atoms with Crippen LogP contribution in [-0.4, -0.2) is 49.8 Å². The maximum atomic E-state index is 5.51. The zero-order valence-corrected chi connectivity index (χ0v) is 10.6. The second-order valence-electron chi connectivity index (χ2n) is 3.07. The Labute approximate surface area is 89.0 Å². The van der Waals surface area contributed by atoms with E-state index in [0.717, 1.165) is 32.6 Å². The summed E-state index contributed by atoms with van der Waals surface area (Å²) in [5, 5.41) is 0. The monoisotopic (exact) mass is 221 g/mol. The van der Waals surface area contributed by atoms with Crippen LogP contribution in [0.4, 0.5) is 0 Å². The van der Waals surface area contributed by atoms with E-state index in [1.165, 1.54) is 6.04 Å². The van der Waals surface area contributed by atoms with E-state index < -0.39 is 0 Å². The van der Waals surface area contributed by atoms with Crippen LogP contribution in [0.2, 0.25) is 6.04 Å². The molecule has 0 saturated carbocycles. The Balaban J connectivity index is 2.78. The molecular formula is C9H23NO3Si. The number of rotatable bonds is 11. The van der Waals surface area contributed by atoms with Crippen LogP contribution in [0.1, 0.15) is 12.8 Å². The zero-order valence-electron chi connectivity index (χ0n) is 9.17. The van der Waals surface area contributed by atoms with Crippen molar-refractivity contribution >= 4 is 9.76 Å². The highest BCUT2D eigenvalue weighted by molar-refractivity contribution is 6.26. The van der Waals surface area contributed by atoms with Gasteiger partial charge in [-0.3, -0.25) is 0 Å². The lowest BCUT2D eigenvalue weighted by Gasteiger charge is -2.04. The van der Waals surface area contributed by atoms with Crippen molar-refractivity contribution in [1.82, 2.24) is 0 Å². The summed E-state index contributed by atoms with van der Waals surface area (Å²) in [5.41, 5.74) is 5.37. The predicted octanol–water partition coefficient (Wildman–Crippen LogP) is -0.0930. The van der Waals surface area contributed by atoms with E-state index >= 15 is 0 Å². The molecule has 0 aliphatic rings. The largest absolute Gasteiger partial charge is 0.424 e. The molecule has 0 aliphatic heterocycles. The van der Waals surface area contributed by atoms with Crippen LogP contribution in [0.3, 0.4) is 0 Å². The van der Waals surface area contributed by atoms with Crippen LogP contribution in [-0.2, 0) is 13.9 Å². The predicted molar refractivity (Wildman–Crippen MR) is 60.3 cm³/mol. The van der Waals surface area contributed by atoms with Gasteiger partial charge in [0.15, 0.2) is 9.76 Å². The highest BCUT2D eigenvalue weighted by atomic mass is 28.2. The summed E-state index contributed by atoms with van der Waals surface area (Å²) in [6.45, 7) is 3.75. The molecule has 0 unspecified atom stereocenters.